The van der Waals surface area contributed by atoms with Gasteiger partial charge in [-0.25, -0.2) is 0 Å². The number of hydrogen-bond donors (Lipinski definition) is 2. The molecular weight excluding hydrogens is 454 g/mol. The van der Waals surface area contributed by atoms with Gasteiger partial charge in [-0.2, -0.15) is 0 Å². The number of amides is 2. The molecule has 1 saturated carbocycles. The van der Waals surface area contributed by atoms with Crippen LogP contribution in [0.25, 0.3) is 11.4 Å². The molecule has 0 aliphatic heterocycles. The van der Waals surface area contributed by atoms with E-state index in [1.807, 2.05) is 0 Å². The topological polar surface area (TPSA) is 103 Å². The van der Waals surface area contributed by atoms with Crippen LogP contribution < -0.4 is 11.1 Å². The van der Waals surface area contributed by atoms with Gasteiger partial charge in [-0.1, -0.05) is 69.6 Å². The van der Waals surface area contributed by atoms with Crippen molar-refractivity contribution in [2.24, 2.45) is 5.73 Å². The molecule has 9 heteroatoms. The van der Waals surface area contributed by atoms with Crippen molar-refractivity contribution in [2.45, 2.75) is 63.1 Å². The van der Waals surface area contributed by atoms with Crippen LogP contribution in [0.4, 0.5) is 5.00 Å². The fourth-order valence-corrected chi connectivity index (χ4v) is 5.69. The molecule has 1 aliphatic rings. The fraction of sp³-hybridized carbons (Fsp3) is 0.417. The van der Waals surface area contributed by atoms with E-state index in [4.69, 9.17) is 5.73 Å². The number of nitrogens with one attached hydrogen (secondary N) is 1. The Morgan fingerprint density at radius 1 is 1.15 bits per heavy atom. The third-order valence-corrected chi connectivity index (χ3v) is 7.65. The summed E-state index contributed by atoms with van der Waals surface area (Å²) in [6.45, 7) is 6.60. The number of nitrogens with two attached hydrogens (primary N) is 1. The number of anilines is 1. The highest BCUT2D eigenvalue weighted by Gasteiger charge is 2.26. The number of rotatable bonds is 7. The van der Waals surface area contributed by atoms with Crippen molar-refractivity contribution >= 4 is 39.9 Å². The average Bonchev–Trinajstić information content (AvgIpc) is 3.51. The van der Waals surface area contributed by atoms with E-state index in [-0.39, 0.29) is 17.1 Å². The highest BCUT2D eigenvalue weighted by molar-refractivity contribution is 7.99. The van der Waals surface area contributed by atoms with E-state index in [1.54, 1.807) is 11.4 Å². The number of thioether (sulfide) groups is 1. The molecule has 1 aromatic carbocycles. The fourth-order valence-electron chi connectivity index (χ4n) is 4.08. The molecule has 2 amide bonds. The summed E-state index contributed by atoms with van der Waals surface area (Å²) in [5, 5.41) is 14.7. The van der Waals surface area contributed by atoms with Crippen LogP contribution in [0.2, 0.25) is 0 Å². The molecule has 4 rings (SSSR count). The minimum Gasteiger partial charge on any atom is -0.366 e. The Hall–Kier alpha value is -2.65. The molecule has 0 bridgehead atoms. The van der Waals surface area contributed by atoms with Gasteiger partial charge >= 0.3 is 0 Å². The molecule has 0 unspecified atom stereocenters. The van der Waals surface area contributed by atoms with E-state index in [2.05, 4.69) is 65.1 Å². The average molecular weight is 484 g/mol. The predicted octanol–water partition coefficient (Wildman–Crippen LogP) is 5.25. The molecule has 0 radical (unpaired) electrons. The molecule has 174 valence electrons. The van der Waals surface area contributed by atoms with Crippen molar-refractivity contribution in [3.63, 3.8) is 0 Å². The Morgan fingerprint density at radius 3 is 2.48 bits per heavy atom. The first-order valence-corrected chi connectivity index (χ1v) is 13.0. The monoisotopic (exact) mass is 483 g/mol. The molecule has 2 aromatic heterocycles. The molecule has 1 fully saturated rings. The van der Waals surface area contributed by atoms with E-state index >= 15 is 0 Å². The minimum absolute atomic E-state index is 0.0863. The van der Waals surface area contributed by atoms with Crippen molar-refractivity contribution in [1.29, 1.82) is 0 Å². The molecule has 7 nitrogen and oxygen atoms in total. The number of carbonyl (C=O) groups excluding carboxylic acids is 2. The van der Waals surface area contributed by atoms with Gasteiger partial charge in [0, 0.05) is 11.6 Å². The maximum absolute atomic E-state index is 12.6. The van der Waals surface area contributed by atoms with Gasteiger partial charge in [0.05, 0.1) is 11.3 Å². The van der Waals surface area contributed by atoms with Gasteiger partial charge < -0.3 is 11.1 Å². The zero-order valence-corrected chi connectivity index (χ0v) is 20.8. The van der Waals surface area contributed by atoms with Crippen LogP contribution in [-0.4, -0.2) is 32.3 Å². The number of hydrogen-bond acceptors (Lipinski definition) is 6. The van der Waals surface area contributed by atoms with Crippen LogP contribution in [0.3, 0.4) is 0 Å². The zero-order chi connectivity index (χ0) is 23.6. The summed E-state index contributed by atoms with van der Waals surface area (Å²) in [7, 11) is 0. The number of carbonyl (C=O) groups is 2. The second-order valence-electron chi connectivity index (χ2n) is 9.31. The number of primary amides is 1. The van der Waals surface area contributed by atoms with Gasteiger partial charge in [-0.05, 0) is 35.3 Å². The van der Waals surface area contributed by atoms with Gasteiger partial charge in [-0.15, -0.1) is 21.5 Å². The first kappa shape index (κ1) is 23.5. The number of thiophene rings is 1. The van der Waals surface area contributed by atoms with Crippen LogP contribution in [0.15, 0.2) is 40.9 Å². The Balaban J connectivity index is 1.53. The second kappa shape index (κ2) is 9.69. The lowest BCUT2D eigenvalue weighted by molar-refractivity contribution is -0.113. The largest absolute Gasteiger partial charge is 0.366 e. The quantitative estimate of drug-likeness (QED) is 0.447. The molecule has 0 atom stereocenters. The summed E-state index contributed by atoms with van der Waals surface area (Å²) in [4.78, 5) is 24.1. The SMILES string of the molecule is CC(C)(C)c1ccc(-c2nnc(SCC(=O)Nc3sccc3C(N)=O)n2C2CCCC2)cc1. The third-order valence-electron chi connectivity index (χ3n) is 5.88. The maximum Gasteiger partial charge on any atom is 0.251 e. The highest BCUT2D eigenvalue weighted by atomic mass is 32.2. The first-order chi connectivity index (χ1) is 15.7. The van der Waals surface area contributed by atoms with E-state index in [1.165, 1.54) is 41.5 Å². The maximum atomic E-state index is 12.6. The van der Waals surface area contributed by atoms with Gasteiger partial charge in [0.2, 0.25) is 5.91 Å². The normalized spacial score (nSPS) is 14.5. The van der Waals surface area contributed by atoms with E-state index < -0.39 is 5.91 Å². The smallest absolute Gasteiger partial charge is 0.251 e. The summed E-state index contributed by atoms with van der Waals surface area (Å²) < 4.78 is 2.21. The standard InChI is InChI=1S/C24H29N5O2S2/c1-24(2,3)16-10-8-15(9-11-16)21-27-28-23(29(21)17-6-4-5-7-17)33-14-19(30)26-22-18(20(25)31)12-13-32-22/h8-13,17H,4-7,14H2,1-3H3,(H2,25,31)(H,26,30). The first-order valence-electron chi connectivity index (χ1n) is 11.1. The summed E-state index contributed by atoms with van der Waals surface area (Å²) >= 11 is 2.65. The van der Waals surface area contributed by atoms with Gasteiger partial charge in [-0.3, -0.25) is 14.2 Å². The van der Waals surface area contributed by atoms with Crippen molar-refractivity contribution in [3.8, 4) is 11.4 Å². The molecule has 33 heavy (non-hydrogen) atoms. The van der Waals surface area contributed by atoms with Gasteiger partial charge in [0.1, 0.15) is 5.00 Å². The summed E-state index contributed by atoms with van der Waals surface area (Å²) in [5.74, 6) is 0.257. The molecule has 3 aromatic rings. The molecule has 2 heterocycles. The lowest BCUT2D eigenvalue weighted by Crippen LogP contribution is -2.18. The zero-order valence-electron chi connectivity index (χ0n) is 19.1. The van der Waals surface area contributed by atoms with Crippen LogP contribution >= 0.6 is 23.1 Å². The van der Waals surface area contributed by atoms with Crippen molar-refractivity contribution in [1.82, 2.24) is 14.8 Å². The molecular formula is C24H29N5O2S2. The Morgan fingerprint density at radius 2 is 1.85 bits per heavy atom. The van der Waals surface area contributed by atoms with Crippen LogP contribution in [0.1, 0.15) is 68.4 Å². The van der Waals surface area contributed by atoms with Gasteiger partial charge in [0.25, 0.3) is 5.91 Å². The summed E-state index contributed by atoms with van der Waals surface area (Å²) in [6, 6.07) is 10.5. The third kappa shape index (κ3) is 5.30. The number of benzene rings is 1. The molecule has 1 aliphatic carbocycles. The second-order valence-corrected chi connectivity index (χ2v) is 11.2. The van der Waals surface area contributed by atoms with Gasteiger partial charge in [0.15, 0.2) is 11.0 Å². The number of aromatic nitrogens is 3. The van der Waals surface area contributed by atoms with Crippen molar-refractivity contribution in [3.05, 3.63) is 46.8 Å². The lowest BCUT2D eigenvalue weighted by atomic mass is 9.86. The molecule has 0 saturated heterocycles. The Labute approximate surface area is 202 Å². The van der Waals surface area contributed by atoms with Crippen LogP contribution in [-0.2, 0) is 10.2 Å². The van der Waals surface area contributed by atoms with Crippen LogP contribution in [0.5, 0.6) is 0 Å². The van der Waals surface area contributed by atoms with E-state index in [0.29, 0.717) is 16.6 Å². The highest BCUT2D eigenvalue weighted by Crippen LogP contribution is 2.37. The van der Waals surface area contributed by atoms with Crippen molar-refractivity contribution < 1.29 is 9.59 Å². The predicted molar refractivity (Wildman–Crippen MR) is 134 cm³/mol. The number of nitrogens with zero attached hydrogens (tertiary/aromatic N) is 3. The summed E-state index contributed by atoms with van der Waals surface area (Å²) in [5.41, 5.74) is 8.09. The lowest BCUT2D eigenvalue weighted by Gasteiger charge is -2.20. The minimum atomic E-state index is -0.553. The van der Waals surface area contributed by atoms with E-state index in [0.717, 1.165) is 29.4 Å². The molecule has 3 N–H and O–H groups in total. The summed E-state index contributed by atoms with van der Waals surface area (Å²) in [6.07, 6.45) is 4.54. The van der Waals surface area contributed by atoms with Crippen molar-refractivity contribution in [2.75, 3.05) is 11.1 Å². The van der Waals surface area contributed by atoms with E-state index in [9.17, 15) is 9.59 Å². The Bertz CT molecular complexity index is 1140. The van der Waals surface area contributed by atoms with Crippen LogP contribution in [0, 0.1) is 0 Å². The molecule has 0 spiro atoms. The Kier molecular flexibility index (Phi) is 6.90.